The third-order valence-electron chi connectivity index (χ3n) is 2.64. The highest BCUT2D eigenvalue weighted by molar-refractivity contribution is 6.32. The van der Waals surface area contributed by atoms with Crippen molar-refractivity contribution in [2.45, 2.75) is 26.7 Å². The molecule has 1 nitrogen and oxygen atoms in total. The van der Waals surface area contributed by atoms with E-state index in [1.807, 2.05) is 13.0 Å². The van der Waals surface area contributed by atoms with Gasteiger partial charge in [0.2, 0.25) is 0 Å². The van der Waals surface area contributed by atoms with Gasteiger partial charge in [-0.3, -0.25) is 0 Å². The van der Waals surface area contributed by atoms with Crippen LogP contribution in [0.3, 0.4) is 0 Å². The van der Waals surface area contributed by atoms with Crippen molar-refractivity contribution >= 4 is 34.1 Å². The molecular weight excluding hydrogens is 241 g/mol. The molecule has 3 heteroatoms. The van der Waals surface area contributed by atoms with Crippen LogP contribution in [0.5, 0.6) is 0 Å². The summed E-state index contributed by atoms with van der Waals surface area (Å²) in [6.07, 6.45) is 2.03. The molecule has 0 aliphatic heterocycles. The van der Waals surface area contributed by atoms with Gasteiger partial charge in [-0.1, -0.05) is 36.5 Å². The Labute approximate surface area is 105 Å². The van der Waals surface area contributed by atoms with Crippen molar-refractivity contribution in [3.63, 3.8) is 0 Å². The molecule has 0 bridgehead atoms. The van der Waals surface area contributed by atoms with Gasteiger partial charge in [0.05, 0.1) is 5.52 Å². The second-order valence-electron chi connectivity index (χ2n) is 3.98. The van der Waals surface area contributed by atoms with Crippen LogP contribution in [-0.2, 0) is 6.42 Å². The Hall–Kier alpha value is -0.790. The number of rotatable bonds is 2. The van der Waals surface area contributed by atoms with E-state index >= 15 is 0 Å². The maximum Gasteiger partial charge on any atom is 0.132 e. The highest BCUT2D eigenvalue weighted by Crippen LogP contribution is 2.26. The molecule has 84 valence electrons. The Morgan fingerprint density at radius 1 is 1.19 bits per heavy atom. The van der Waals surface area contributed by atoms with Crippen LogP contribution in [0.2, 0.25) is 10.2 Å². The summed E-state index contributed by atoms with van der Waals surface area (Å²) < 4.78 is 0. The first-order chi connectivity index (χ1) is 7.61. The second kappa shape index (κ2) is 4.60. The molecular formula is C13H13Cl2N. The lowest BCUT2D eigenvalue weighted by Crippen LogP contribution is -1.91. The molecule has 0 aliphatic rings. The molecule has 0 unspecified atom stereocenters. The topological polar surface area (TPSA) is 12.9 Å². The lowest BCUT2D eigenvalue weighted by Gasteiger charge is -2.06. The molecule has 0 spiro atoms. The molecule has 2 rings (SSSR count). The summed E-state index contributed by atoms with van der Waals surface area (Å²) in [5.74, 6) is 0. The number of hydrogen-bond donors (Lipinski definition) is 0. The Morgan fingerprint density at radius 2 is 1.94 bits per heavy atom. The summed E-state index contributed by atoms with van der Waals surface area (Å²) in [5, 5.41) is 2.43. The van der Waals surface area contributed by atoms with Gasteiger partial charge in [-0.2, -0.15) is 0 Å². The van der Waals surface area contributed by atoms with E-state index in [2.05, 4.69) is 24.0 Å². The monoisotopic (exact) mass is 253 g/mol. The van der Waals surface area contributed by atoms with Crippen molar-refractivity contribution in [1.29, 1.82) is 0 Å². The zero-order chi connectivity index (χ0) is 11.7. The normalized spacial score (nSPS) is 11.0. The van der Waals surface area contributed by atoms with Crippen LogP contribution in [-0.4, -0.2) is 4.98 Å². The Kier molecular flexibility index (Phi) is 3.36. The number of benzene rings is 1. The van der Waals surface area contributed by atoms with Crippen molar-refractivity contribution in [3.05, 3.63) is 39.5 Å². The molecule has 0 aliphatic carbocycles. The van der Waals surface area contributed by atoms with Crippen molar-refractivity contribution < 1.29 is 0 Å². The average molecular weight is 254 g/mol. The highest BCUT2D eigenvalue weighted by atomic mass is 35.5. The predicted octanol–water partition coefficient (Wildman–Crippen LogP) is 4.80. The highest BCUT2D eigenvalue weighted by Gasteiger charge is 2.06. The summed E-state index contributed by atoms with van der Waals surface area (Å²) in [5.41, 5.74) is 3.04. The fourth-order valence-electron chi connectivity index (χ4n) is 1.78. The second-order valence-corrected chi connectivity index (χ2v) is 4.75. The number of fused-ring (bicyclic) bond motifs is 1. The molecule has 0 N–H and O–H groups in total. The van der Waals surface area contributed by atoms with E-state index in [1.54, 1.807) is 0 Å². The first kappa shape index (κ1) is 11.7. The molecule has 0 atom stereocenters. The summed E-state index contributed by atoms with van der Waals surface area (Å²) >= 11 is 12.2. The summed E-state index contributed by atoms with van der Waals surface area (Å²) in [7, 11) is 0. The molecule has 0 saturated heterocycles. The van der Waals surface area contributed by atoms with E-state index in [0.29, 0.717) is 5.15 Å². The van der Waals surface area contributed by atoms with E-state index in [1.165, 1.54) is 0 Å². The van der Waals surface area contributed by atoms with E-state index in [4.69, 9.17) is 23.2 Å². The lowest BCUT2D eigenvalue weighted by atomic mass is 10.1. The smallest absolute Gasteiger partial charge is 0.132 e. The van der Waals surface area contributed by atoms with E-state index in [-0.39, 0.29) is 0 Å². The SMILES string of the molecule is CCCc1cc2cc(C)c(Cl)cc2nc1Cl. The minimum absolute atomic E-state index is 0.592. The maximum atomic E-state index is 6.12. The molecule has 1 aromatic carbocycles. The molecule has 0 fully saturated rings. The first-order valence-electron chi connectivity index (χ1n) is 5.37. The zero-order valence-electron chi connectivity index (χ0n) is 9.35. The zero-order valence-corrected chi connectivity index (χ0v) is 10.9. The van der Waals surface area contributed by atoms with Crippen LogP contribution >= 0.6 is 23.2 Å². The Bertz CT molecular complexity index is 535. The largest absolute Gasteiger partial charge is 0.236 e. The van der Waals surface area contributed by atoms with Crippen LogP contribution in [0, 0.1) is 6.92 Å². The summed E-state index contributed by atoms with van der Waals surface area (Å²) in [6.45, 7) is 4.13. The Morgan fingerprint density at radius 3 is 2.62 bits per heavy atom. The Balaban J connectivity index is 2.65. The van der Waals surface area contributed by atoms with E-state index in [0.717, 1.165) is 39.9 Å². The molecule has 0 radical (unpaired) electrons. The number of pyridine rings is 1. The summed E-state index contributed by atoms with van der Waals surface area (Å²) in [6, 6.07) is 6.03. The summed E-state index contributed by atoms with van der Waals surface area (Å²) in [4.78, 5) is 4.38. The van der Waals surface area contributed by atoms with E-state index < -0.39 is 0 Å². The van der Waals surface area contributed by atoms with Gasteiger partial charge < -0.3 is 0 Å². The van der Waals surface area contributed by atoms with Crippen molar-refractivity contribution in [1.82, 2.24) is 4.98 Å². The molecule has 0 amide bonds. The van der Waals surface area contributed by atoms with Crippen molar-refractivity contribution in [3.8, 4) is 0 Å². The first-order valence-corrected chi connectivity index (χ1v) is 6.12. The van der Waals surface area contributed by atoms with Gasteiger partial charge in [0, 0.05) is 10.4 Å². The molecule has 2 aromatic rings. The van der Waals surface area contributed by atoms with Crippen molar-refractivity contribution in [2.75, 3.05) is 0 Å². The minimum Gasteiger partial charge on any atom is -0.236 e. The molecule has 1 aromatic heterocycles. The fraction of sp³-hybridized carbons (Fsp3) is 0.308. The predicted molar refractivity (Wildman–Crippen MR) is 70.5 cm³/mol. The number of hydrogen-bond acceptors (Lipinski definition) is 1. The molecule has 0 saturated carbocycles. The molecule has 1 heterocycles. The molecule has 16 heavy (non-hydrogen) atoms. The standard InChI is InChI=1S/C13H13Cl2N/c1-3-4-9-6-10-5-8(2)11(14)7-12(10)16-13(9)15/h5-7H,3-4H2,1-2H3. The average Bonchev–Trinajstić information content (AvgIpc) is 2.23. The number of nitrogens with zero attached hydrogens (tertiary/aromatic N) is 1. The van der Waals surface area contributed by atoms with Gasteiger partial charge >= 0.3 is 0 Å². The van der Waals surface area contributed by atoms with Crippen LogP contribution in [0.25, 0.3) is 10.9 Å². The van der Waals surface area contributed by atoms with Crippen LogP contribution in [0.4, 0.5) is 0 Å². The van der Waals surface area contributed by atoms with Gasteiger partial charge in [0.1, 0.15) is 5.15 Å². The quantitative estimate of drug-likeness (QED) is 0.701. The lowest BCUT2D eigenvalue weighted by molar-refractivity contribution is 0.918. The fourth-order valence-corrected chi connectivity index (χ4v) is 2.17. The third kappa shape index (κ3) is 2.16. The van der Waals surface area contributed by atoms with Gasteiger partial charge in [-0.15, -0.1) is 0 Å². The van der Waals surface area contributed by atoms with Crippen LogP contribution < -0.4 is 0 Å². The number of halogens is 2. The van der Waals surface area contributed by atoms with Gasteiger partial charge in [0.15, 0.2) is 0 Å². The minimum atomic E-state index is 0.592. The van der Waals surface area contributed by atoms with E-state index in [9.17, 15) is 0 Å². The van der Waals surface area contributed by atoms with Crippen LogP contribution in [0.1, 0.15) is 24.5 Å². The maximum absolute atomic E-state index is 6.12. The van der Waals surface area contributed by atoms with Gasteiger partial charge in [0.25, 0.3) is 0 Å². The van der Waals surface area contributed by atoms with Crippen LogP contribution in [0.15, 0.2) is 18.2 Å². The van der Waals surface area contributed by atoms with Gasteiger partial charge in [-0.05, 0) is 42.7 Å². The third-order valence-corrected chi connectivity index (χ3v) is 3.38. The van der Waals surface area contributed by atoms with Crippen molar-refractivity contribution in [2.24, 2.45) is 0 Å². The number of aryl methyl sites for hydroxylation is 2. The number of aromatic nitrogens is 1. The van der Waals surface area contributed by atoms with Gasteiger partial charge in [-0.25, -0.2) is 4.98 Å².